The highest BCUT2D eigenvalue weighted by Crippen LogP contribution is 2.45. The van der Waals surface area contributed by atoms with E-state index in [2.05, 4.69) is 16.3 Å². The van der Waals surface area contributed by atoms with Crippen LogP contribution in [-0.4, -0.2) is 55.7 Å². The number of nitrogens with one attached hydrogen (secondary N) is 1. The first-order valence-corrected chi connectivity index (χ1v) is 12.2. The molecule has 1 aliphatic carbocycles. The van der Waals surface area contributed by atoms with Crippen molar-refractivity contribution in [3.8, 4) is 6.07 Å². The molecule has 2 heterocycles. The van der Waals surface area contributed by atoms with Crippen molar-refractivity contribution in [2.45, 2.75) is 49.8 Å². The molecule has 4 unspecified atom stereocenters. The van der Waals surface area contributed by atoms with Gasteiger partial charge in [-0.1, -0.05) is 12.1 Å². The third kappa shape index (κ3) is 5.49. The zero-order valence-corrected chi connectivity index (χ0v) is 19.9. The number of carbonyl (C=O) groups excluding carboxylic acids is 1. The molecule has 1 saturated carbocycles. The Morgan fingerprint density at radius 1 is 1.36 bits per heavy atom. The van der Waals surface area contributed by atoms with Gasteiger partial charge >= 0.3 is 0 Å². The van der Waals surface area contributed by atoms with E-state index in [4.69, 9.17) is 9.47 Å². The molecule has 3 aliphatic rings. The number of benzene rings is 1. The van der Waals surface area contributed by atoms with Gasteiger partial charge in [0.05, 0.1) is 23.5 Å². The van der Waals surface area contributed by atoms with Crippen LogP contribution in [0.15, 0.2) is 46.4 Å². The van der Waals surface area contributed by atoms with E-state index in [-0.39, 0.29) is 35.2 Å². The summed E-state index contributed by atoms with van der Waals surface area (Å²) in [6, 6.07) is 9.04. The Bertz CT molecular complexity index is 989. The number of hydrogen-bond acceptors (Lipinski definition) is 6. The number of nitrogens with zero attached hydrogens (tertiary/aromatic N) is 2. The summed E-state index contributed by atoms with van der Waals surface area (Å²) in [6.07, 6.45) is 4.85. The molecular weight excluding hydrogens is 441 g/mol. The van der Waals surface area contributed by atoms with Gasteiger partial charge in [0.15, 0.2) is 0 Å². The first kappa shape index (κ1) is 24.0. The normalized spacial score (nSPS) is 29.1. The van der Waals surface area contributed by atoms with Gasteiger partial charge in [-0.05, 0) is 59.4 Å². The fourth-order valence-electron chi connectivity index (χ4n) is 5.01. The third-order valence-electron chi connectivity index (χ3n) is 6.60. The zero-order valence-electron chi connectivity index (χ0n) is 19.1. The van der Waals surface area contributed by atoms with Crippen LogP contribution in [-0.2, 0) is 20.8 Å². The van der Waals surface area contributed by atoms with E-state index in [0.717, 1.165) is 48.9 Å². The number of nitriles is 1. The lowest BCUT2D eigenvalue weighted by Crippen LogP contribution is -2.39. The quantitative estimate of drug-likeness (QED) is 0.637. The van der Waals surface area contributed by atoms with Gasteiger partial charge in [-0.15, -0.1) is 11.8 Å². The summed E-state index contributed by atoms with van der Waals surface area (Å²) < 4.78 is 24.7. The van der Waals surface area contributed by atoms with Crippen molar-refractivity contribution in [2.75, 3.05) is 27.3 Å². The van der Waals surface area contributed by atoms with Crippen LogP contribution in [0.4, 0.5) is 4.39 Å². The van der Waals surface area contributed by atoms with Crippen LogP contribution in [0.3, 0.4) is 0 Å². The first-order valence-electron chi connectivity index (χ1n) is 11.3. The minimum absolute atomic E-state index is 0.0476. The molecule has 0 bridgehead atoms. The molecule has 0 spiro atoms. The van der Waals surface area contributed by atoms with Crippen molar-refractivity contribution < 1.29 is 18.7 Å². The minimum Gasteiger partial charge on any atom is -0.378 e. The van der Waals surface area contributed by atoms with Gasteiger partial charge < -0.3 is 14.8 Å². The van der Waals surface area contributed by atoms with Crippen LogP contribution in [0, 0.1) is 23.1 Å². The molecule has 0 saturated heterocycles. The molecule has 2 aliphatic heterocycles. The molecule has 1 amide bonds. The molecule has 176 valence electrons. The Balaban J connectivity index is 1.40. The predicted molar refractivity (Wildman–Crippen MR) is 125 cm³/mol. The second-order valence-electron chi connectivity index (χ2n) is 8.73. The maximum absolute atomic E-state index is 13.5. The van der Waals surface area contributed by atoms with Crippen LogP contribution in [0.25, 0.3) is 0 Å². The van der Waals surface area contributed by atoms with E-state index in [1.165, 1.54) is 11.0 Å². The molecule has 4 atom stereocenters. The van der Waals surface area contributed by atoms with Crippen LogP contribution >= 0.6 is 11.8 Å². The average Bonchev–Trinajstić information content (AvgIpc) is 3.14. The average molecular weight is 472 g/mol. The zero-order chi connectivity index (χ0) is 23.4. The predicted octanol–water partition coefficient (Wildman–Crippen LogP) is 3.75. The molecule has 8 heteroatoms. The lowest BCUT2D eigenvalue weighted by Gasteiger charge is -2.31. The van der Waals surface area contributed by atoms with Crippen molar-refractivity contribution in [3.05, 3.63) is 57.8 Å². The summed E-state index contributed by atoms with van der Waals surface area (Å²) in [4.78, 5) is 16.3. The van der Waals surface area contributed by atoms with Crippen molar-refractivity contribution >= 4 is 17.7 Å². The van der Waals surface area contributed by atoms with Gasteiger partial charge in [0.25, 0.3) is 0 Å². The topological polar surface area (TPSA) is 74.6 Å². The molecular formula is C25H30FN3O3S. The SMILES string of the molecule is COC1CCC/C(=C/C(=O)NC2SC3=C(CN(Cc4cccc(F)c4)CC3)C2C#N)C1OC. The molecule has 1 fully saturated rings. The molecule has 1 aromatic carbocycles. The van der Waals surface area contributed by atoms with Crippen molar-refractivity contribution in [1.29, 1.82) is 5.26 Å². The number of hydrogen-bond donors (Lipinski definition) is 1. The maximum atomic E-state index is 13.5. The molecule has 6 nitrogen and oxygen atoms in total. The van der Waals surface area contributed by atoms with E-state index in [1.54, 1.807) is 44.2 Å². The molecule has 1 N–H and O–H groups in total. The number of rotatable bonds is 6. The van der Waals surface area contributed by atoms with Gasteiger partial charge in [-0.3, -0.25) is 9.69 Å². The van der Waals surface area contributed by atoms with E-state index >= 15 is 0 Å². The molecule has 1 aromatic rings. The Kier molecular flexibility index (Phi) is 7.86. The number of methoxy groups -OCH3 is 2. The maximum Gasteiger partial charge on any atom is 0.244 e. The summed E-state index contributed by atoms with van der Waals surface area (Å²) in [6.45, 7) is 2.14. The van der Waals surface area contributed by atoms with Crippen LogP contribution in [0.5, 0.6) is 0 Å². The van der Waals surface area contributed by atoms with Gasteiger partial charge in [0.2, 0.25) is 5.91 Å². The summed E-state index contributed by atoms with van der Waals surface area (Å²) >= 11 is 1.59. The van der Waals surface area contributed by atoms with Crippen molar-refractivity contribution in [1.82, 2.24) is 10.2 Å². The summed E-state index contributed by atoms with van der Waals surface area (Å²) in [7, 11) is 3.31. The largest absolute Gasteiger partial charge is 0.378 e. The van der Waals surface area contributed by atoms with E-state index in [0.29, 0.717) is 13.1 Å². The van der Waals surface area contributed by atoms with E-state index in [1.807, 2.05) is 6.07 Å². The first-order chi connectivity index (χ1) is 16.0. The Labute approximate surface area is 198 Å². The highest BCUT2D eigenvalue weighted by Gasteiger charge is 2.39. The monoisotopic (exact) mass is 471 g/mol. The number of amides is 1. The molecule has 0 radical (unpaired) electrons. The van der Waals surface area contributed by atoms with Gasteiger partial charge in [0.1, 0.15) is 11.9 Å². The fourth-order valence-corrected chi connectivity index (χ4v) is 6.41. The molecule has 4 rings (SSSR count). The fraction of sp³-hybridized carbons (Fsp3) is 0.520. The Hall–Kier alpha value is -2.18. The van der Waals surface area contributed by atoms with Gasteiger partial charge in [-0.2, -0.15) is 5.26 Å². The van der Waals surface area contributed by atoms with E-state index < -0.39 is 0 Å². The Morgan fingerprint density at radius 3 is 2.94 bits per heavy atom. The highest BCUT2D eigenvalue weighted by molar-refractivity contribution is 8.04. The van der Waals surface area contributed by atoms with Crippen molar-refractivity contribution in [3.63, 3.8) is 0 Å². The minimum atomic E-state index is -0.376. The number of halogens is 1. The number of carbonyl (C=O) groups is 1. The van der Waals surface area contributed by atoms with Crippen LogP contribution in [0.2, 0.25) is 0 Å². The Morgan fingerprint density at radius 2 is 2.21 bits per heavy atom. The standard InChI is InChI=1S/C25H30FN3O3S/c1-31-21-8-4-6-17(24(21)32-2)12-23(30)28-25-19(13-27)20-15-29(10-9-22(20)33-25)14-16-5-3-7-18(26)11-16/h3,5,7,11-12,19,21,24-25H,4,6,8-10,14-15H2,1-2H3,(H,28,30)/b17-12-. The molecule has 33 heavy (non-hydrogen) atoms. The third-order valence-corrected chi connectivity index (χ3v) is 8.00. The second-order valence-corrected chi connectivity index (χ2v) is 9.97. The summed E-state index contributed by atoms with van der Waals surface area (Å²) in [5.41, 5.74) is 2.93. The van der Waals surface area contributed by atoms with Gasteiger partial charge in [0, 0.05) is 39.9 Å². The second kappa shape index (κ2) is 10.8. The smallest absolute Gasteiger partial charge is 0.244 e. The van der Waals surface area contributed by atoms with Gasteiger partial charge in [-0.25, -0.2) is 4.39 Å². The number of ether oxygens (including phenoxy) is 2. The number of thioether (sulfide) groups is 1. The highest BCUT2D eigenvalue weighted by atomic mass is 32.2. The summed E-state index contributed by atoms with van der Waals surface area (Å²) in [5.74, 6) is -0.810. The summed E-state index contributed by atoms with van der Waals surface area (Å²) in [5, 5.41) is 12.6. The van der Waals surface area contributed by atoms with Crippen LogP contribution in [0.1, 0.15) is 31.2 Å². The lowest BCUT2D eigenvalue weighted by atomic mass is 9.89. The lowest BCUT2D eigenvalue weighted by molar-refractivity contribution is -0.117. The van der Waals surface area contributed by atoms with E-state index in [9.17, 15) is 14.4 Å². The van der Waals surface area contributed by atoms with Crippen LogP contribution < -0.4 is 5.32 Å². The molecule has 0 aromatic heterocycles. The van der Waals surface area contributed by atoms with Crippen molar-refractivity contribution in [2.24, 2.45) is 5.92 Å².